The Hall–Kier alpha value is -4.18. The molecule has 9 nitrogen and oxygen atoms in total. The predicted molar refractivity (Wildman–Crippen MR) is 116 cm³/mol. The second-order valence-corrected chi connectivity index (χ2v) is 7.70. The highest BCUT2D eigenvalue weighted by atomic mass is 32.2. The van der Waals surface area contributed by atoms with Crippen LogP contribution in [-0.4, -0.2) is 32.0 Å². The van der Waals surface area contributed by atoms with Crippen molar-refractivity contribution in [2.75, 3.05) is 0 Å². The number of carbonyl (C=O) groups is 3. The standard InChI is InChI=1S/C22H14N2O7S/c25-20-19(32-22(28)23(20)12-13-5-1-4-8-17(13)24(29)30)11-14-9-10-18(31-14)15-6-2-3-7-16(15)21(26)27/h1-11H,12H2,(H,26,27)/b19-11-. The minimum atomic E-state index is -1.10. The van der Waals surface area contributed by atoms with Crippen LogP contribution in [0.3, 0.4) is 0 Å². The highest BCUT2D eigenvalue weighted by Gasteiger charge is 2.36. The summed E-state index contributed by atoms with van der Waals surface area (Å²) in [6.45, 7) is -0.228. The monoisotopic (exact) mass is 450 g/mol. The number of carboxylic acid groups (broad SMARTS) is 1. The van der Waals surface area contributed by atoms with Crippen molar-refractivity contribution in [3.63, 3.8) is 0 Å². The lowest BCUT2D eigenvalue weighted by Gasteiger charge is -2.12. The van der Waals surface area contributed by atoms with Crippen molar-refractivity contribution in [2.45, 2.75) is 6.54 Å². The summed E-state index contributed by atoms with van der Waals surface area (Å²) < 4.78 is 5.69. The Kier molecular flexibility index (Phi) is 5.61. The molecule has 4 rings (SSSR count). The van der Waals surface area contributed by atoms with Gasteiger partial charge in [-0.3, -0.25) is 24.6 Å². The molecule has 1 fully saturated rings. The quantitative estimate of drug-likeness (QED) is 0.322. The van der Waals surface area contributed by atoms with Crippen LogP contribution >= 0.6 is 11.8 Å². The van der Waals surface area contributed by atoms with Crippen molar-refractivity contribution >= 4 is 40.6 Å². The number of para-hydroxylation sites is 1. The maximum Gasteiger partial charge on any atom is 0.336 e. The van der Waals surface area contributed by atoms with Crippen LogP contribution < -0.4 is 0 Å². The van der Waals surface area contributed by atoms with Crippen LogP contribution in [0.4, 0.5) is 10.5 Å². The number of benzene rings is 2. The van der Waals surface area contributed by atoms with Gasteiger partial charge in [0.25, 0.3) is 16.8 Å². The number of aromatic carboxylic acids is 1. The van der Waals surface area contributed by atoms with E-state index < -0.39 is 22.0 Å². The molecule has 0 spiro atoms. The van der Waals surface area contributed by atoms with E-state index in [0.717, 1.165) is 4.90 Å². The summed E-state index contributed by atoms with van der Waals surface area (Å²) in [5.74, 6) is -1.14. The fraction of sp³-hybridized carbons (Fsp3) is 0.0455. The molecule has 2 heterocycles. The van der Waals surface area contributed by atoms with E-state index in [0.29, 0.717) is 23.1 Å². The Labute approximate surface area is 185 Å². The van der Waals surface area contributed by atoms with Gasteiger partial charge in [0.05, 0.1) is 21.9 Å². The van der Waals surface area contributed by atoms with Gasteiger partial charge in [-0.05, 0) is 30.0 Å². The van der Waals surface area contributed by atoms with E-state index in [1.807, 2.05) is 0 Å². The third-order valence-electron chi connectivity index (χ3n) is 4.71. The Balaban J connectivity index is 1.58. The Bertz CT molecular complexity index is 1290. The van der Waals surface area contributed by atoms with Gasteiger partial charge in [0.15, 0.2) is 0 Å². The number of carboxylic acids is 1. The van der Waals surface area contributed by atoms with Crippen LogP contribution in [0.25, 0.3) is 17.4 Å². The molecule has 0 aliphatic carbocycles. The van der Waals surface area contributed by atoms with Crippen molar-refractivity contribution in [1.29, 1.82) is 0 Å². The fourth-order valence-electron chi connectivity index (χ4n) is 3.22. The molecule has 0 radical (unpaired) electrons. The summed E-state index contributed by atoms with van der Waals surface area (Å²) in [6, 6.07) is 15.4. The Morgan fingerprint density at radius 2 is 1.81 bits per heavy atom. The van der Waals surface area contributed by atoms with Gasteiger partial charge < -0.3 is 9.52 Å². The fourth-order valence-corrected chi connectivity index (χ4v) is 4.04. The lowest BCUT2D eigenvalue weighted by Crippen LogP contribution is -2.27. The molecular formula is C22H14N2O7S. The number of imide groups is 1. The number of nitro benzene ring substituents is 1. The number of nitro groups is 1. The van der Waals surface area contributed by atoms with Crippen LogP contribution in [0, 0.1) is 10.1 Å². The summed E-state index contributed by atoms with van der Waals surface area (Å²) >= 11 is 0.698. The predicted octanol–water partition coefficient (Wildman–Crippen LogP) is 4.79. The first kappa shape index (κ1) is 21.1. The summed E-state index contributed by atoms with van der Waals surface area (Å²) in [7, 11) is 0. The number of nitrogens with zero attached hydrogens (tertiary/aromatic N) is 2. The molecular weight excluding hydrogens is 436 g/mol. The van der Waals surface area contributed by atoms with Crippen LogP contribution in [0.1, 0.15) is 21.7 Å². The molecule has 1 aromatic heterocycles. The van der Waals surface area contributed by atoms with Crippen LogP contribution in [0.2, 0.25) is 0 Å². The van der Waals surface area contributed by atoms with Crippen molar-refractivity contribution in [3.05, 3.63) is 92.6 Å². The van der Waals surface area contributed by atoms with Crippen molar-refractivity contribution in [1.82, 2.24) is 4.90 Å². The number of carbonyl (C=O) groups excluding carboxylic acids is 2. The second kappa shape index (κ2) is 8.52. The largest absolute Gasteiger partial charge is 0.478 e. The third kappa shape index (κ3) is 4.03. The third-order valence-corrected chi connectivity index (χ3v) is 5.62. The Morgan fingerprint density at radius 1 is 1.09 bits per heavy atom. The average Bonchev–Trinajstić information content (AvgIpc) is 3.34. The zero-order chi connectivity index (χ0) is 22.8. The number of furan rings is 1. The Morgan fingerprint density at radius 3 is 2.56 bits per heavy atom. The molecule has 0 bridgehead atoms. The molecule has 10 heteroatoms. The van der Waals surface area contributed by atoms with E-state index in [4.69, 9.17) is 4.42 Å². The maximum atomic E-state index is 12.8. The van der Waals surface area contributed by atoms with E-state index in [9.17, 15) is 29.6 Å². The number of hydrogen-bond donors (Lipinski definition) is 1. The van der Waals surface area contributed by atoms with Gasteiger partial charge in [0.2, 0.25) is 0 Å². The molecule has 3 aromatic rings. The number of amides is 2. The average molecular weight is 450 g/mol. The van der Waals surface area contributed by atoms with Crippen molar-refractivity contribution < 1.29 is 28.8 Å². The molecule has 1 aliphatic rings. The molecule has 1 aliphatic heterocycles. The zero-order valence-electron chi connectivity index (χ0n) is 16.3. The molecule has 0 atom stereocenters. The minimum absolute atomic E-state index is 0.0678. The van der Waals surface area contributed by atoms with Gasteiger partial charge in [0.1, 0.15) is 11.5 Å². The summed E-state index contributed by atoms with van der Waals surface area (Å²) in [4.78, 5) is 48.2. The topological polar surface area (TPSA) is 131 Å². The first-order chi connectivity index (χ1) is 15.3. The van der Waals surface area contributed by atoms with E-state index >= 15 is 0 Å². The number of rotatable bonds is 6. The maximum absolute atomic E-state index is 12.8. The molecule has 32 heavy (non-hydrogen) atoms. The van der Waals surface area contributed by atoms with Crippen molar-refractivity contribution in [3.8, 4) is 11.3 Å². The van der Waals surface area contributed by atoms with Gasteiger partial charge in [-0.15, -0.1) is 0 Å². The van der Waals surface area contributed by atoms with Gasteiger partial charge in [-0.1, -0.05) is 36.4 Å². The van der Waals surface area contributed by atoms with Crippen LogP contribution in [0.15, 0.2) is 70.0 Å². The lowest BCUT2D eigenvalue weighted by molar-refractivity contribution is -0.385. The van der Waals surface area contributed by atoms with E-state index in [-0.39, 0.29) is 34.0 Å². The molecule has 2 amide bonds. The van der Waals surface area contributed by atoms with Gasteiger partial charge in [0, 0.05) is 23.3 Å². The molecule has 0 saturated carbocycles. The van der Waals surface area contributed by atoms with Gasteiger partial charge in [-0.25, -0.2) is 4.79 Å². The van der Waals surface area contributed by atoms with Gasteiger partial charge >= 0.3 is 5.97 Å². The van der Waals surface area contributed by atoms with E-state index in [1.165, 1.54) is 30.3 Å². The molecule has 0 unspecified atom stereocenters. The lowest BCUT2D eigenvalue weighted by atomic mass is 10.1. The summed E-state index contributed by atoms with van der Waals surface area (Å²) in [5, 5.41) is 20.0. The summed E-state index contributed by atoms with van der Waals surface area (Å²) in [6.07, 6.45) is 1.39. The minimum Gasteiger partial charge on any atom is -0.478 e. The summed E-state index contributed by atoms with van der Waals surface area (Å²) in [5.41, 5.74) is 0.511. The van der Waals surface area contributed by atoms with E-state index in [1.54, 1.807) is 36.4 Å². The van der Waals surface area contributed by atoms with Crippen LogP contribution in [0.5, 0.6) is 0 Å². The van der Waals surface area contributed by atoms with E-state index in [2.05, 4.69) is 0 Å². The van der Waals surface area contributed by atoms with Crippen LogP contribution in [-0.2, 0) is 11.3 Å². The zero-order valence-corrected chi connectivity index (χ0v) is 17.1. The smallest absolute Gasteiger partial charge is 0.336 e. The molecule has 1 saturated heterocycles. The van der Waals surface area contributed by atoms with Crippen molar-refractivity contribution in [2.24, 2.45) is 0 Å². The first-order valence-corrected chi connectivity index (χ1v) is 10.1. The number of thioether (sulfide) groups is 1. The second-order valence-electron chi connectivity index (χ2n) is 6.71. The van der Waals surface area contributed by atoms with Gasteiger partial charge in [-0.2, -0.15) is 0 Å². The highest BCUT2D eigenvalue weighted by molar-refractivity contribution is 8.18. The normalized spacial score (nSPS) is 14.9. The molecule has 160 valence electrons. The SMILES string of the molecule is O=C(O)c1ccccc1-c1ccc(/C=C2\SC(=O)N(Cc3ccccc3[N+](=O)[O-])C2=O)o1. The number of hydrogen-bond acceptors (Lipinski definition) is 7. The molecule has 1 N–H and O–H groups in total. The molecule has 2 aromatic carbocycles. The highest BCUT2D eigenvalue weighted by Crippen LogP contribution is 2.35. The first-order valence-electron chi connectivity index (χ1n) is 9.25.